The zero-order valence-electron chi connectivity index (χ0n) is 14.4. The topological polar surface area (TPSA) is 66.5 Å². The first-order valence-electron chi connectivity index (χ1n) is 8.73. The molecule has 1 heterocycles. The smallest absolute Gasteiger partial charge is 0.242 e. The van der Waals surface area contributed by atoms with Crippen LogP contribution in [0, 0.1) is 11.7 Å². The van der Waals surface area contributed by atoms with Crippen LogP contribution in [0.1, 0.15) is 24.0 Å². The number of sulfonamides is 1. The van der Waals surface area contributed by atoms with Gasteiger partial charge in [0, 0.05) is 23.5 Å². The maximum Gasteiger partial charge on any atom is 0.242 e. The fourth-order valence-corrected chi connectivity index (χ4v) is 5.25. The Hall–Kier alpha value is -1.77. The summed E-state index contributed by atoms with van der Waals surface area (Å²) >= 11 is 3.37. The molecule has 1 fully saturated rings. The van der Waals surface area contributed by atoms with Crippen molar-refractivity contribution in [1.82, 2.24) is 4.72 Å². The Kier molecular flexibility index (Phi) is 4.82. The SMILES string of the molecule is O=C(C1CC1)N1CCc2cc(Br)cc(S(=O)(=O)NCc3ccc(F)cc3)c21. The minimum atomic E-state index is -3.86. The van der Waals surface area contributed by atoms with Gasteiger partial charge in [-0.2, -0.15) is 0 Å². The van der Waals surface area contributed by atoms with Gasteiger partial charge in [0.05, 0.1) is 5.69 Å². The first-order chi connectivity index (χ1) is 12.8. The van der Waals surface area contributed by atoms with E-state index in [0.717, 1.165) is 18.4 Å². The van der Waals surface area contributed by atoms with Gasteiger partial charge in [0.2, 0.25) is 15.9 Å². The number of carbonyl (C=O) groups excluding carboxylic acids is 1. The van der Waals surface area contributed by atoms with E-state index in [1.165, 1.54) is 30.3 Å². The molecule has 2 aromatic rings. The molecule has 1 saturated carbocycles. The van der Waals surface area contributed by atoms with Crippen LogP contribution >= 0.6 is 15.9 Å². The van der Waals surface area contributed by atoms with Gasteiger partial charge in [-0.05, 0) is 54.7 Å². The lowest BCUT2D eigenvalue weighted by Gasteiger charge is -2.21. The van der Waals surface area contributed by atoms with E-state index in [4.69, 9.17) is 0 Å². The lowest BCUT2D eigenvalue weighted by Crippen LogP contribution is -2.32. The van der Waals surface area contributed by atoms with E-state index >= 15 is 0 Å². The van der Waals surface area contributed by atoms with Crippen molar-refractivity contribution >= 4 is 37.5 Å². The summed E-state index contributed by atoms with van der Waals surface area (Å²) in [5, 5.41) is 0. The summed E-state index contributed by atoms with van der Waals surface area (Å²) in [6.07, 6.45) is 2.37. The van der Waals surface area contributed by atoms with Crippen LogP contribution in [0.3, 0.4) is 0 Å². The molecular formula is C19H18BrFN2O3S. The predicted molar refractivity (Wildman–Crippen MR) is 103 cm³/mol. The van der Waals surface area contributed by atoms with Crippen molar-refractivity contribution < 1.29 is 17.6 Å². The summed E-state index contributed by atoms with van der Waals surface area (Å²) in [6.45, 7) is 0.544. The van der Waals surface area contributed by atoms with Crippen molar-refractivity contribution in [3.63, 3.8) is 0 Å². The molecule has 1 N–H and O–H groups in total. The number of amides is 1. The van der Waals surface area contributed by atoms with Gasteiger partial charge in [-0.15, -0.1) is 0 Å². The normalized spacial score (nSPS) is 16.4. The van der Waals surface area contributed by atoms with Gasteiger partial charge in [-0.1, -0.05) is 28.1 Å². The molecule has 0 aromatic heterocycles. The van der Waals surface area contributed by atoms with Crippen LogP contribution in [-0.2, 0) is 27.8 Å². The molecule has 0 atom stereocenters. The molecule has 8 heteroatoms. The second-order valence-corrected chi connectivity index (χ2v) is 9.53. The van der Waals surface area contributed by atoms with E-state index in [2.05, 4.69) is 20.7 Å². The van der Waals surface area contributed by atoms with Crippen LogP contribution < -0.4 is 9.62 Å². The molecule has 5 nitrogen and oxygen atoms in total. The number of halogens is 2. The zero-order chi connectivity index (χ0) is 19.2. The third-order valence-corrected chi connectivity index (χ3v) is 6.73. The van der Waals surface area contributed by atoms with Crippen molar-refractivity contribution in [2.24, 2.45) is 5.92 Å². The largest absolute Gasteiger partial charge is 0.310 e. The van der Waals surface area contributed by atoms with Crippen molar-refractivity contribution in [2.45, 2.75) is 30.7 Å². The van der Waals surface area contributed by atoms with Gasteiger partial charge < -0.3 is 4.90 Å². The third-order valence-electron chi connectivity index (χ3n) is 4.86. The first-order valence-corrected chi connectivity index (χ1v) is 11.0. The van der Waals surface area contributed by atoms with Crippen LogP contribution in [0.15, 0.2) is 45.8 Å². The first kappa shape index (κ1) is 18.6. The molecule has 0 spiro atoms. The van der Waals surface area contributed by atoms with Gasteiger partial charge in [0.1, 0.15) is 10.7 Å². The van der Waals surface area contributed by atoms with Crippen molar-refractivity contribution in [3.05, 3.63) is 57.8 Å². The average molecular weight is 453 g/mol. The molecule has 0 saturated heterocycles. The van der Waals surface area contributed by atoms with E-state index in [-0.39, 0.29) is 29.1 Å². The van der Waals surface area contributed by atoms with Crippen LogP contribution in [0.4, 0.5) is 10.1 Å². The van der Waals surface area contributed by atoms with Crippen LogP contribution in [0.25, 0.3) is 0 Å². The van der Waals surface area contributed by atoms with Gasteiger partial charge in [0.15, 0.2) is 0 Å². The molecule has 1 aliphatic carbocycles. The van der Waals surface area contributed by atoms with Gasteiger partial charge in [0.25, 0.3) is 0 Å². The number of carbonyl (C=O) groups is 1. The lowest BCUT2D eigenvalue weighted by atomic mass is 10.2. The highest BCUT2D eigenvalue weighted by Gasteiger charge is 2.39. The highest BCUT2D eigenvalue weighted by Crippen LogP contribution is 2.41. The van der Waals surface area contributed by atoms with E-state index in [1.807, 2.05) is 6.07 Å². The molecule has 27 heavy (non-hydrogen) atoms. The van der Waals surface area contributed by atoms with Crippen LogP contribution in [-0.4, -0.2) is 20.9 Å². The Morgan fingerprint density at radius 1 is 1.22 bits per heavy atom. The standard InChI is InChI=1S/C19H18BrFN2O3S/c20-15-9-14-7-8-23(19(24)13-3-4-13)18(14)17(10-15)27(25,26)22-11-12-1-5-16(21)6-2-12/h1-2,5-6,9-10,13,22H,3-4,7-8,11H2. The Bertz CT molecular complexity index is 1000. The van der Waals surface area contributed by atoms with Gasteiger partial charge >= 0.3 is 0 Å². The number of hydrogen-bond donors (Lipinski definition) is 1. The minimum Gasteiger partial charge on any atom is -0.310 e. The minimum absolute atomic E-state index is 0.00561. The predicted octanol–water partition coefficient (Wildman–Crippen LogP) is 3.37. The Morgan fingerprint density at radius 2 is 1.93 bits per heavy atom. The number of hydrogen-bond acceptors (Lipinski definition) is 3. The Labute approximate surface area is 165 Å². The third kappa shape index (κ3) is 3.79. The average Bonchev–Trinajstić information content (AvgIpc) is 3.40. The number of rotatable bonds is 5. The second-order valence-electron chi connectivity index (χ2n) is 6.88. The van der Waals surface area contributed by atoms with Crippen molar-refractivity contribution in [1.29, 1.82) is 0 Å². The molecule has 1 aliphatic heterocycles. The number of nitrogens with zero attached hydrogens (tertiary/aromatic N) is 1. The number of fused-ring (bicyclic) bond motifs is 1. The molecule has 1 amide bonds. The molecule has 0 bridgehead atoms. The highest BCUT2D eigenvalue weighted by atomic mass is 79.9. The summed E-state index contributed by atoms with van der Waals surface area (Å²) in [4.78, 5) is 14.3. The van der Waals surface area contributed by atoms with Crippen LogP contribution in [0.2, 0.25) is 0 Å². The molecule has 0 radical (unpaired) electrons. The second kappa shape index (κ2) is 7.00. The summed E-state index contributed by atoms with van der Waals surface area (Å²) in [5.41, 5.74) is 1.99. The van der Waals surface area contributed by atoms with Crippen molar-refractivity contribution in [2.75, 3.05) is 11.4 Å². The van der Waals surface area contributed by atoms with Gasteiger partial charge in [-0.3, -0.25) is 4.79 Å². The molecule has 2 aliphatic rings. The van der Waals surface area contributed by atoms with E-state index in [1.54, 1.807) is 4.90 Å². The fraction of sp³-hybridized carbons (Fsp3) is 0.316. The molecule has 2 aromatic carbocycles. The maximum absolute atomic E-state index is 13.0. The van der Waals surface area contributed by atoms with E-state index in [0.29, 0.717) is 28.7 Å². The quantitative estimate of drug-likeness (QED) is 0.755. The summed E-state index contributed by atoms with van der Waals surface area (Å²) in [5.74, 6) is -0.353. The zero-order valence-corrected chi connectivity index (χ0v) is 16.8. The molecule has 4 rings (SSSR count). The Morgan fingerprint density at radius 3 is 2.59 bits per heavy atom. The summed E-state index contributed by atoms with van der Waals surface area (Å²) in [6, 6.07) is 9.05. The Balaban J connectivity index is 1.66. The summed E-state index contributed by atoms with van der Waals surface area (Å²) in [7, 11) is -3.86. The number of benzene rings is 2. The van der Waals surface area contributed by atoms with Crippen LogP contribution in [0.5, 0.6) is 0 Å². The summed E-state index contributed by atoms with van der Waals surface area (Å²) < 4.78 is 42.2. The molecular weight excluding hydrogens is 435 g/mol. The van der Waals surface area contributed by atoms with Gasteiger partial charge in [-0.25, -0.2) is 17.5 Å². The lowest BCUT2D eigenvalue weighted by molar-refractivity contribution is -0.119. The monoisotopic (exact) mass is 452 g/mol. The number of nitrogens with one attached hydrogen (secondary N) is 1. The fourth-order valence-electron chi connectivity index (χ4n) is 3.30. The maximum atomic E-state index is 13.0. The highest BCUT2D eigenvalue weighted by molar-refractivity contribution is 9.10. The van der Waals surface area contributed by atoms with Crippen molar-refractivity contribution in [3.8, 4) is 0 Å². The molecule has 0 unspecified atom stereocenters. The molecule has 142 valence electrons. The van der Waals surface area contributed by atoms with E-state index in [9.17, 15) is 17.6 Å². The van der Waals surface area contributed by atoms with E-state index < -0.39 is 10.0 Å². The number of anilines is 1.